The molecule has 0 unspecified atom stereocenters. The summed E-state index contributed by atoms with van der Waals surface area (Å²) in [6.07, 6.45) is 4.62. The molecule has 1 saturated carbocycles. The number of rotatable bonds is 2. The lowest BCUT2D eigenvalue weighted by atomic mass is 9.65. The number of nitrogens with two attached hydrogens (primary N) is 1. The van der Waals surface area contributed by atoms with E-state index in [9.17, 15) is 0 Å². The largest absolute Gasteiger partial charge is 0.496 e. The molecule has 0 aliphatic heterocycles. The van der Waals surface area contributed by atoms with Crippen LogP contribution < -0.4 is 10.5 Å². The van der Waals surface area contributed by atoms with E-state index in [-0.39, 0.29) is 5.54 Å². The summed E-state index contributed by atoms with van der Waals surface area (Å²) in [4.78, 5) is 0. The molecule has 1 aromatic rings. The van der Waals surface area contributed by atoms with Gasteiger partial charge in [0.25, 0.3) is 0 Å². The highest BCUT2D eigenvalue weighted by molar-refractivity contribution is 5.44. The van der Waals surface area contributed by atoms with Gasteiger partial charge >= 0.3 is 0 Å². The summed E-state index contributed by atoms with van der Waals surface area (Å²) in [7, 11) is 1.73. The summed E-state index contributed by atoms with van der Waals surface area (Å²) < 4.78 is 5.42. The van der Waals surface area contributed by atoms with Gasteiger partial charge < -0.3 is 10.5 Å². The summed E-state index contributed by atoms with van der Waals surface area (Å²) in [5.74, 6) is 1.75. The molecule has 0 saturated heterocycles. The Morgan fingerprint density at radius 3 is 2.14 bits per heavy atom. The van der Waals surface area contributed by atoms with Crippen molar-refractivity contribution < 1.29 is 4.74 Å². The van der Waals surface area contributed by atoms with Gasteiger partial charge in [-0.2, -0.15) is 0 Å². The Hall–Kier alpha value is -1.02. The second-order valence-corrected chi connectivity index (χ2v) is 7.93. The molecule has 21 heavy (non-hydrogen) atoms. The number of aryl methyl sites for hydroxylation is 2. The molecule has 118 valence electrons. The molecule has 0 bridgehead atoms. The molecule has 2 nitrogen and oxygen atoms in total. The van der Waals surface area contributed by atoms with E-state index in [4.69, 9.17) is 10.5 Å². The molecule has 2 heteroatoms. The predicted molar refractivity (Wildman–Crippen MR) is 89.7 cm³/mol. The van der Waals surface area contributed by atoms with E-state index in [1.807, 2.05) is 0 Å². The van der Waals surface area contributed by atoms with Crippen LogP contribution in [0, 0.1) is 25.2 Å². The van der Waals surface area contributed by atoms with Crippen molar-refractivity contribution in [2.24, 2.45) is 17.1 Å². The standard InChI is InChI=1S/C19H31NO/c1-13-12-17(21-6)14(2)11-16(13)19(20)9-7-15(8-10-19)18(3,4)5/h11-12,15H,7-10,20H2,1-6H3. The topological polar surface area (TPSA) is 35.2 Å². The van der Waals surface area contributed by atoms with Crippen molar-refractivity contribution in [3.63, 3.8) is 0 Å². The number of hydrogen-bond acceptors (Lipinski definition) is 2. The van der Waals surface area contributed by atoms with Gasteiger partial charge in [0, 0.05) is 5.54 Å². The number of methoxy groups -OCH3 is 1. The van der Waals surface area contributed by atoms with Crippen LogP contribution in [0.3, 0.4) is 0 Å². The first kappa shape index (κ1) is 16.4. The molecule has 0 amide bonds. The Morgan fingerprint density at radius 1 is 1.10 bits per heavy atom. The van der Waals surface area contributed by atoms with Crippen LogP contribution in [0.2, 0.25) is 0 Å². The summed E-state index contributed by atoms with van der Waals surface area (Å²) in [6.45, 7) is 11.3. The summed E-state index contributed by atoms with van der Waals surface area (Å²) in [5, 5.41) is 0. The van der Waals surface area contributed by atoms with Gasteiger partial charge in [-0.1, -0.05) is 26.8 Å². The van der Waals surface area contributed by atoms with Crippen molar-refractivity contribution in [3.8, 4) is 5.75 Å². The summed E-state index contributed by atoms with van der Waals surface area (Å²) in [5.41, 5.74) is 10.8. The van der Waals surface area contributed by atoms with Gasteiger partial charge in [0.1, 0.15) is 5.75 Å². The first-order valence-corrected chi connectivity index (χ1v) is 8.12. The van der Waals surface area contributed by atoms with E-state index in [0.717, 1.165) is 24.5 Å². The third-order valence-electron chi connectivity index (χ3n) is 5.38. The van der Waals surface area contributed by atoms with Crippen LogP contribution >= 0.6 is 0 Å². The molecule has 1 aliphatic rings. The van der Waals surface area contributed by atoms with E-state index in [2.05, 4.69) is 46.8 Å². The fraction of sp³-hybridized carbons (Fsp3) is 0.684. The van der Waals surface area contributed by atoms with E-state index < -0.39 is 0 Å². The molecule has 2 rings (SSSR count). The van der Waals surface area contributed by atoms with Gasteiger partial charge in [0.05, 0.1) is 7.11 Å². The predicted octanol–water partition coefficient (Wildman–Crippen LogP) is 4.70. The Labute approximate surface area is 130 Å². The minimum absolute atomic E-state index is 0.164. The normalized spacial score (nSPS) is 26.7. The van der Waals surface area contributed by atoms with E-state index in [1.165, 1.54) is 29.5 Å². The lowest BCUT2D eigenvalue weighted by Crippen LogP contribution is -2.43. The summed E-state index contributed by atoms with van der Waals surface area (Å²) >= 11 is 0. The van der Waals surface area contributed by atoms with Gasteiger partial charge in [0.15, 0.2) is 0 Å². The zero-order valence-corrected chi connectivity index (χ0v) is 14.5. The molecular weight excluding hydrogens is 258 g/mol. The zero-order valence-electron chi connectivity index (χ0n) is 14.5. The van der Waals surface area contributed by atoms with Crippen LogP contribution in [-0.4, -0.2) is 7.11 Å². The summed E-state index contributed by atoms with van der Waals surface area (Å²) in [6, 6.07) is 4.38. The molecule has 0 radical (unpaired) electrons. The SMILES string of the molecule is COc1cc(C)c(C2(N)CCC(C(C)(C)C)CC2)cc1C. The van der Waals surface area contributed by atoms with Gasteiger partial charge in [-0.25, -0.2) is 0 Å². The van der Waals surface area contributed by atoms with Crippen molar-refractivity contribution in [2.45, 2.75) is 65.8 Å². The van der Waals surface area contributed by atoms with Gasteiger partial charge in [-0.3, -0.25) is 0 Å². The van der Waals surface area contributed by atoms with Gasteiger partial charge in [-0.05, 0) is 73.6 Å². The molecule has 0 spiro atoms. The molecule has 0 atom stereocenters. The average molecular weight is 289 g/mol. The molecule has 1 aromatic carbocycles. The fourth-order valence-electron chi connectivity index (χ4n) is 3.81. The molecule has 2 N–H and O–H groups in total. The first-order valence-electron chi connectivity index (χ1n) is 8.12. The lowest BCUT2D eigenvalue weighted by Gasteiger charge is -2.43. The molecule has 1 fully saturated rings. The van der Waals surface area contributed by atoms with Crippen LogP contribution in [0.25, 0.3) is 0 Å². The highest BCUT2D eigenvalue weighted by atomic mass is 16.5. The van der Waals surface area contributed by atoms with Crippen molar-refractivity contribution in [1.29, 1.82) is 0 Å². The van der Waals surface area contributed by atoms with E-state index in [0.29, 0.717) is 5.41 Å². The Balaban J connectivity index is 2.25. The maximum absolute atomic E-state index is 6.81. The minimum Gasteiger partial charge on any atom is -0.496 e. The Bertz CT molecular complexity index is 505. The number of hydrogen-bond donors (Lipinski definition) is 1. The van der Waals surface area contributed by atoms with Crippen molar-refractivity contribution >= 4 is 0 Å². The monoisotopic (exact) mass is 289 g/mol. The van der Waals surface area contributed by atoms with Crippen molar-refractivity contribution in [1.82, 2.24) is 0 Å². The molecular formula is C19H31NO. The maximum Gasteiger partial charge on any atom is 0.122 e. The van der Waals surface area contributed by atoms with Crippen LogP contribution in [0.4, 0.5) is 0 Å². The fourth-order valence-corrected chi connectivity index (χ4v) is 3.81. The van der Waals surface area contributed by atoms with Crippen LogP contribution in [0.1, 0.15) is 63.1 Å². The third kappa shape index (κ3) is 3.26. The van der Waals surface area contributed by atoms with E-state index >= 15 is 0 Å². The second-order valence-electron chi connectivity index (χ2n) is 7.93. The van der Waals surface area contributed by atoms with Gasteiger partial charge in [-0.15, -0.1) is 0 Å². The van der Waals surface area contributed by atoms with Crippen molar-refractivity contribution in [3.05, 3.63) is 28.8 Å². The molecule has 0 aromatic heterocycles. The van der Waals surface area contributed by atoms with Crippen LogP contribution in [0.15, 0.2) is 12.1 Å². The lowest BCUT2D eigenvalue weighted by molar-refractivity contribution is 0.133. The zero-order chi connectivity index (χ0) is 15.8. The smallest absolute Gasteiger partial charge is 0.122 e. The minimum atomic E-state index is -0.164. The second kappa shape index (κ2) is 5.64. The Morgan fingerprint density at radius 2 is 1.67 bits per heavy atom. The first-order chi connectivity index (χ1) is 9.67. The van der Waals surface area contributed by atoms with E-state index in [1.54, 1.807) is 7.11 Å². The highest BCUT2D eigenvalue weighted by Gasteiger charge is 2.38. The van der Waals surface area contributed by atoms with Crippen LogP contribution in [-0.2, 0) is 5.54 Å². The average Bonchev–Trinajstić information content (AvgIpc) is 2.40. The highest BCUT2D eigenvalue weighted by Crippen LogP contribution is 2.45. The van der Waals surface area contributed by atoms with Gasteiger partial charge in [0.2, 0.25) is 0 Å². The number of benzene rings is 1. The van der Waals surface area contributed by atoms with Crippen LogP contribution in [0.5, 0.6) is 5.75 Å². The molecule has 1 aliphatic carbocycles. The maximum atomic E-state index is 6.81. The van der Waals surface area contributed by atoms with Crippen molar-refractivity contribution in [2.75, 3.05) is 7.11 Å². The Kier molecular flexibility index (Phi) is 4.39. The third-order valence-corrected chi connectivity index (χ3v) is 5.38. The number of ether oxygens (including phenoxy) is 1. The molecule has 0 heterocycles. The quantitative estimate of drug-likeness (QED) is 0.856.